The molecular formula is C24H22N2O3S. The van der Waals surface area contributed by atoms with Crippen LogP contribution < -0.4 is 4.74 Å². The molecule has 0 aliphatic heterocycles. The Kier molecular flexibility index (Phi) is 7.10. The number of hydrogen-bond donors (Lipinski definition) is 1. The van der Waals surface area contributed by atoms with Gasteiger partial charge in [-0.25, -0.2) is 4.98 Å². The van der Waals surface area contributed by atoms with E-state index in [1.54, 1.807) is 24.4 Å². The number of ether oxygens (including phenoxy) is 1. The molecule has 0 saturated carbocycles. The summed E-state index contributed by atoms with van der Waals surface area (Å²) in [5, 5.41) is 20.2. The van der Waals surface area contributed by atoms with Gasteiger partial charge in [0.05, 0.1) is 11.1 Å². The first-order valence-corrected chi connectivity index (χ1v) is 10.4. The molecule has 0 saturated heterocycles. The molecule has 0 aliphatic carbocycles. The Hall–Kier alpha value is -3.30. The van der Waals surface area contributed by atoms with E-state index in [0.29, 0.717) is 35.5 Å². The van der Waals surface area contributed by atoms with Crippen LogP contribution in [-0.4, -0.2) is 15.9 Å². The second-order valence-corrected chi connectivity index (χ2v) is 7.87. The van der Waals surface area contributed by atoms with E-state index in [-0.39, 0.29) is 11.5 Å². The van der Waals surface area contributed by atoms with Gasteiger partial charge in [-0.1, -0.05) is 37.2 Å². The van der Waals surface area contributed by atoms with E-state index in [4.69, 9.17) is 10.00 Å². The van der Waals surface area contributed by atoms with Gasteiger partial charge in [-0.15, -0.1) is 0 Å². The number of ketones is 1. The number of phenols is 1. The maximum Gasteiger partial charge on any atom is 0.163 e. The first-order valence-electron chi connectivity index (χ1n) is 9.63. The van der Waals surface area contributed by atoms with E-state index in [1.165, 1.54) is 18.7 Å². The van der Waals surface area contributed by atoms with E-state index in [9.17, 15) is 9.90 Å². The molecule has 0 amide bonds. The molecule has 0 bridgehead atoms. The van der Waals surface area contributed by atoms with Crippen molar-refractivity contribution in [2.45, 2.75) is 43.2 Å². The zero-order valence-corrected chi connectivity index (χ0v) is 17.7. The molecule has 3 rings (SSSR count). The van der Waals surface area contributed by atoms with Crippen LogP contribution in [0.3, 0.4) is 0 Å². The van der Waals surface area contributed by atoms with E-state index in [0.717, 1.165) is 21.9 Å². The Bertz CT molecular complexity index is 1090. The van der Waals surface area contributed by atoms with E-state index in [2.05, 4.69) is 11.1 Å². The normalized spacial score (nSPS) is 10.4. The molecule has 3 aromatic rings. The zero-order chi connectivity index (χ0) is 21.5. The van der Waals surface area contributed by atoms with Gasteiger partial charge in [0.25, 0.3) is 0 Å². The third-order valence-corrected chi connectivity index (χ3v) is 5.44. The standard InChI is InChI=1S/C24H22N2O3S/c1-3-5-21-22(10-9-20(16(2)27)24(21)28)29-15-17-6-4-7-19(12-17)30-23-11-8-18(13-25)14-26-23/h4,6-12,14,28H,3,5,15H2,1-2H3. The number of rotatable bonds is 8. The summed E-state index contributed by atoms with van der Waals surface area (Å²) >= 11 is 1.51. The number of nitrogens with zero attached hydrogens (tertiary/aromatic N) is 2. The lowest BCUT2D eigenvalue weighted by Crippen LogP contribution is -2.02. The average molecular weight is 419 g/mol. The number of aromatic hydroxyl groups is 1. The van der Waals surface area contributed by atoms with Crippen molar-refractivity contribution >= 4 is 17.5 Å². The maximum absolute atomic E-state index is 11.7. The molecule has 1 aromatic heterocycles. The van der Waals surface area contributed by atoms with Gasteiger partial charge in [0, 0.05) is 16.7 Å². The predicted molar refractivity (Wildman–Crippen MR) is 116 cm³/mol. The van der Waals surface area contributed by atoms with Crippen molar-refractivity contribution in [1.29, 1.82) is 5.26 Å². The zero-order valence-electron chi connectivity index (χ0n) is 16.9. The summed E-state index contributed by atoms with van der Waals surface area (Å²) in [6.45, 7) is 3.80. The molecule has 6 heteroatoms. The van der Waals surface area contributed by atoms with Crippen molar-refractivity contribution in [3.05, 3.63) is 77.0 Å². The number of carbonyl (C=O) groups is 1. The number of hydrogen-bond acceptors (Lipinski definition) is 6. The van der Waals surface area contributed by atoms with Crippen molar-refractivity contribution in [1.82, 2.24) is 4.98 Å². The number of carbonyl (C=O) groups excluding carboxylic acids is 1. The molecule has 0 spiro atoms. The molecule has 2 aromatic carbocycles. The first kappa shape index (κ1) is 21.4. The number of pyridine rings is 1. The molecule has 1 heterocycles. The van der Waals surface area contributed by atoms with Gasteiger partial charge in [-0.3, -0.25) is 4.79 Å². The van der Waals surface area contributed by atoms with Gasteiger partial charge in [0.1, 0.15) is 29.2 Å². The number of nitriles is 1. The topological polar surface area (TPSA) is 83.2 Å². The van der Waals surface area contributed by atoms with Crippen LogP contribution in [0, 0.1) is 11.3 Å². The molecule has 0 unspecified atom stereocenters. The third kappa shape index (κ3) is 5.19. The average Bonchev–Trinajstić information content (AvgIpc) is 2.75. The fraction of sp³-hybridized carbons (Fsp3) is 0.208. The summed E-state index contributed by atoms with van der Waals surface area (Å²) in [7, 11) is 0. The minimum atomic E-state index is -0.169. The molecule has 152 valence electrons. The molecule has 1 N–H and O–H groups in total. The van der Waals surface area contributed by atoms with Gasteiger partial charge < -0.3 is 9.84 Å². The Morgan fingerprint density at radius 1 is 1.23 bits per heavy atom. The van der Waals surface area contributed by atoms with Crippen LogP contribution >= 0.6 is 11.8 Å². The monoisotopic (exact) mass is 418 g/mol. The number of Topliss-reactive ketones (excluding diaryl/α,β-unsaturated/α-hetero) is 1. The van der Waals surface area contributed by atoms with Crippen LogP contribution in [0.15, 0.2) is 64.6 Å². The fourth-order valence-corrected chi connectivity index (χ4v) is 3.86. The van der Waals surface area contributed by atoms with Gasteiger partial charge >= 0.3 is 0 Å². The molecule has 0 radical (unpaired) electrons. The van der Waals surface area contributed by atoms with Crippen LogP contribution in [0.4, 0.5) is 0 Å². The fourth-order valence-electron chi connectivity index (χ4n) is 3.02. The minimum Gasteiger partial charge on any atom is -0.507 e. The lowest BCUT2D eigenvalue weighted by molar-refractivity contribution is 0.101. The molecule has 0 aliphatic rings. The van der Waals surface area contributed by atoms with Crippen molar-refractivity contribution in [3.63, 3.8) is 0 Å². The Labute approximate surface area is 180 Å². The minimum absolute atomic E-state index is 0.0121. The highest BCUT2D eigenvalue weighted by Crippen LogP contribution is 2.34. The van der Waals surface area contributed by atoms with Crippen molar-refractivity contribution in [2.24, 2.45) is 0 Å². The smallest absolute Gasteiger partial charge is 0.163 e. The summed E-state index contributed by atoms with van der Waals surface area (Å²) in [5.41, 5.74) is 2.49. The van der Waals surface area contributed by atoms with Crippen LogP contribution in [-0.2, 0) is 13.0 Å². The van der Waals surface area contributed by atoms with Gasteiger partial charge in [0.15, 0.2) is 5.78 Å². The summed E-state index contributed by atoms with van der Waals surface area (Å²) in [6, 6.07) is 16.9. The summed E-state index contributed by atoms with van der Waals surface area (Å²) < 4.78 is 5.99. The summed E-state index contributed by atoms with van der Waals surface area (Å²) in [6.07, 6.45) is 3.01. The van der Waals surface area contributed by atoms with E-state index in [1.807, 2.05) is 37.3 Å². The van der Waals surface area contributed by atoms with Crippen molar-refractivity contribution < 1.29 is 14.6 Å². The Morgan fingerprint density at radius 2 is 2.07 bits per heavy atom. The van der Waals surface area contributed by atoms with Crippen LogP contribution in [0.1, 0.15) is 47.3 Å². The second kappa shape index (κ2) is 9.95. The van der Waals surface area contributed by atoms with Gasteiger partial charge in [-0.05, 0) is 55.3 Å². The van der Waals surface area contributed by atoms with E-state index >= 15 is 0 Å². The lowest BCUT2D eigenvalue weighted by atomic mass is 10.0. The molecule has 0 fully saturated rings. The van der Waals surface area contributed by atoms with Gasteiger partial charge in [0.2, 0.25) is 0 Å². The van der Waals surface area contributed by atoms with Crippen LogP contribution in [0.2, 0.25) is 0 Å². The highest BCUT2D eigenvalue weighted by atomic mass is 32.2. The molecule has 30 heavy (non-hydrogen) atoms. The molecular weight excluding hydrogens is 396 g/mol. The quantitative estimate of drug-likeness (QED) is 0.483. The van der Waals surface area contributed by atoms with Crippen LogP contribution in [0.25, 0.3) is 0 Å². The van der Waals surface area contributed by atoms with E-state index < -0.39 is 0 Å². The predicted octanol–water partition coefficient (Wildman–Crippen LogP) is 5.54. The van der Waals surface area contributed by atoms with Crippen molar-refractivity contribution in [3.8, 4) is 17.6 Å². The van der Waals surface area contributed by atoms with Crippen LogP contribution in [0.5, 0.6) is 11.5 Å². The molecule has 5 nitrogen and oxygen atoms in total. The second-order valence-electron chi connectivity index (χ2n) is 6.78. The summed E-state index contributed by atoms with van der Waals surface area (Å²) in [4.78, 5) is 17.0. The van der Waals surface area contributed by atoms with Crippen molar-refractivity contribution in [2.75, 3.05) is 0 Å². The summed E-state index contributed by atoms with van der Waals surface area (Å²) in [5.74, 6) is 0.432. The lowest BCUT2D eigenvalue weighted by Gasteiger charge is -2.15. The highest BCUT2D eigenvalue weighted by Gasteiger charge is 2.16. The Morgan fingerprint density at radius 3 is 2.73 bits per heavy atom. The first-order chi connectivity index (χ1) is 14.5. The molecule has 0 atom stereocenters. The third-order valence-electron chi connectivity index (χ3n) is 4.50. The number of aromatic nitrogens is 1. The van der Waals surface area contributed by atoms with Gasteiger partial charge in [-0.2, -0.15) is 5.26 Å². The number of benzene rings is 2. The number of phenolic OH excluding ortho intramolecular Hbond substituents is 1. The SMILES string of the molecule is CCCc1c(OCc2cccc(Sc3ccc(C#N)cn3)c2)ccc(C(C)=O)c1O. The maximum atomic E-state index is 11.7. The largest absolute Gasteiger partial charge is 0.507 e. The highest BCUT2D eigenvalue weighted by molar-refractivity contribution is 7.99. The Balaban J connectivity index is 1.74.